The van der Waals surface area contributed by atoms with E-state index in [4.69, 9.17) is 0 Å². The third-order valence-electron chi connectivity index (χ3n) is 5.34. The Bertz CT molecular complexity index is 1100. The van der Waals surface area contributed by atoms with Crippen molar-refractivity contribution in [1.82, 2.24) is 9.62 Å². The molecule has 0 aliphatic carbocycles. The Labute approximate surface area is 185 Å². The summed E-state index contributed by atoms with van der Waals surface area (Å²) >= 11 is 0. The third kappa shape index (κ3) is 6.19. The Morgan fingerprint density at radius 1 is 0.968 bits per heavy atom. The SMILES string of the molecule is CCN1CCN(c2ccc(NS(C)(=O)=O)cc2S(=O)(=O)NC(C)c2ccccc2)CC1. The normalized spacial score (nSPS) is 16.8. The lowest BCUT2D eigenvalue weighted by atomic mass is 10.1. The van der Waals surface area contributed by atoms with E-state index in [0.717, 1.165) is 31.5 Å². The highest BCUT2D eigenvalue weighted by molar-refractivity contribution is 7.92. The summed E-state index contributed by atoms with van der Waals surface area (Å²) in [5, 5.41) is 0. The zero-order valence-corrected chi connectivity index (χ0v) is 19.7. The first-order chi connectivity index (χ1) is 14.6. The van der Waals surface area contributed by atoms with Crippen molar-refractivity contribution in [2.24, 2.45) is 0 Å². The van der Waals surface area contributed by atoms with Crippen molar-refractivity contribution in [1.29, 1.82) is 0 Å². The van der Waals surface area contributed by atoms with E-state index in [1.807, 2.05) is 35.2 Å². The van der Waals surface area contributed by atoms with Gasteiger partial charge < -0.3 is 9.80 Å². The minimum absolute atomic E-state index is 0.0638. The number of nitrogens with zero attached hydrogens (tertiary/aromatic N) is 2. The van der Waals surface area contributed by atoms with E-state index in [2.05, 4.69) is 21.3 Å². The number of benzene rings is 2. The molecule has 0 bridgehead atoms. The Hall–Kier alpha value is -2.14. The van der Waals surface area contributed by atoms with Crippen LogP contribution in [-0.4, -0.2) is 60.7 Å². The van der Waals surface area contributed by atoms with Crippen LogP contribution in [0.4, 0.5) is 11.4 Å². The molecule has 2 N–H and O–H groups in total. The predicted octanol–water partition coefficient (Wildman–Crippen LogP) is 2.24. The van der Waals surface area contributed by atoms with Gasteiger partial charge in [0.25, 0.3) is 0 Å². The van der Waals surface area contributed by atoms with Crippen LogP contribution in [0.15, 0.2) is 53.4 Å². The van der Waals surface area contributed by atoms with Crippen LogP contribution in [0.3, 0.4) is 0 Å². The summed E-state index contributed by atoms with van der Waals surface area (Å²) in [4.78, 5) is 4.41. The molecule has 1 heterocycles. The first-order valence-electron chi connectivity index (χ1n) is 10.3. The molecule has 2 aromatic carbocycles. The van der Waals surface area contributed by atoms with Gasteiger partial charge >= 0.3 is 0 Å². The van der Waals surface area contributed by atoms with E-state index in [9.17, 15) is 16.8 Å². The van der Waals surface area contributed by atoms with Gasteiger partial charge in [-0.2, -0.15) is 0 Å². The van der Waals surface area contributed by atoms with Gasteiger partial charge in [0.15, 0.2) is 0 Å². The van der Waals surface area contributed by atoms with Gasteiger partial charge in [-0.1, -0.05) is 37.3 Å². The van der Waals surface area contributed by atoms with Crippen LogP contribution in [0.5, 0.6) is 0 Å². The number of piperazine rings is 1. The third-order valence-corrected chi connectivity index (χ3v) is 7.52. The van der Waals surface area contributed by atoms with Gasteiger partial charge in [0.05, 0.1) is 11.9 Å². The number of likely N-dealkylation sites (N-methyl/N-ethyl adjacent to an activating group) is 1. The molecule has 2 aromatic rings. The quantitative estimate of drug-likeness (QED) is 0.619. The number of rotatable bonds is 8. The average Bonchev–Trinajstić information content (AvgIpc) is 2.73. The molecule has 0 saturated carbocycles. The van der Waals surface area contributed by atoms with E-state index in [-0.39, 0.29) is 10.6 Å². The summed E-state index contributed by atoms with van der Waals surface area (Å²) in [7, 11) is -7.46. The molecule has 0 aromatic heterocycles. The number of hydrogen-bond donors (Lipinski definition) is 2. The van der Waals surface area contributed by atoms with Crippen molar-refractivity contribution in [3.8, 4) is 0 Å². The lowest BCUT2D eigenvalue weighted by Crippen LogP contribution is -2.46. The Morgan fingerprint density at radius 3 is 2.19 bits per heavy atom. The maximum Gasteiger partial charge on any atom is 0.243 e. The highest BCUT2D eigenvalue weighted by Crippen LogP contribution is 2.31. The monoisotopic (exact) mass is 466 g/mol. The molecule has 0 spiro atoms. The smallest absolute Gasteiger partial charge is 0.243 e. The molecule has 1 unspecified atom stereocenters. The van der Waals surface area contributed by atoms with E-state index < -0.39 is 26.1 Å². The molecule has 170 valence electrons. The number of hydrogen-bond acceptors (Lipinski definition) is 6. The first kappa shape index (κ1) is 23.5. The Balaban J connectivity index is 1.96. The first-order valence-corrected chi connectivity index (χ1v) is 13.6. The second-order valence-corrected chi connectivity index (χ2v) is 11.2. The van der Waals surface area contributed by atoms with Crippen LogP contribution in [0.1, 0.15) is 25.5 Å². The van der Waals surface area contributed by atoms with Crippen molar-refractivity contribution in [2.45, 2.75) is 24.8 Å². The Kier molecular flexibility index (Phi) is 7.25. The van der Waals surface area contributed by atoms with E-state index in [1.165, 1.54) is 6.07 Å². The molecule has 31 heavy (non-hydrogen) atoms. The fourth-order valence-corrected chi connectivity index (χ4v) is 5.72. The molecule has 1 aliphatic heterocycles. The van der Waals surface area contributed by atoms with Crippen LogP contribution >= 0.6 is 0 Å². The van der Waals surface area contributed by atoms with Crippen LogP contribution in [0.25, 0.3) is 0 Å². The summed E-state index contributed by atoms with van der Waals surface area (Å²) in [6.45, 7) is 7.91. The van der Waals surface area contributed by atoms with Crippen molar-refractivity contribution in [2.75, 3.05) is 48.6 Å². The largest absolute Gasteiger partial charge is 0.368 e. The molecule has 8 nitrogen and oxygen atoms in total. The van der Waals surface area contributed by atoms with Gasteiger partial charge in [0.1, 0.15) is 4.90 Å². The van der Waals surface area contributed by atoms with Gasteiger partial charge in [0.2, 0.25) is 20.0 Å². The zero-order valence-electron chi connectivity index (χ0n) is 18.1. The van der Waals surface area contributed by atoms with Gasteiger partial charge in [-0.3, -0.25) is 4.72 Å². The summed E-state index contributed by atoms with van der Waals surface area (Å²) in [5.74, 6) is 0. The summed E-state index contributed by atoms with van der Waals surface area (Å²) in [6.07, 6.45) is 1.04. The van der Waals surface area contributed by atoms with Crippen LogP contribution < -0.4 is 14.3 Å². The second-order valence-electron chi connectivity index (χ2n) is 7.73. The van der Waals surface area contributed by atoms with E-state index >= 15 is 0 Å². The van der Waals surface area contributed by atoms with Gasteiger partial charge in [-0.05, 0) is 37.2 Å². The van der Waals surface area contributed by atoms with Crippen LogP contribution in [0.2, 0.25) is 0 Å². The molecule has 1 atom stereocenters. The predicted molar refractivity (Wildman–Crippen MR) is 124 cm³/mol. The van der Waals surface area contributed by atoms with E-state index in [0.29, 0.717) is 18.8 Å². The molecule has 1 saturated heterocycles. The zero-order chi connectivity index (χ0) is 22.6. The molecule has 3 rings (SSSR count). The average molecular weight is 467 g/mol. The van der Waals surface area contributed by atoms with Gasteiger partial charge in [-0.25, -0.2) is 21.6 Å². The standard InChI is InChI=1S/C21H30N4O4S2/c1-4-24-12-14-25(15-13-24)20-11-10-19(23-30(3,26)27)16-21(20)31(28,29)22-17(2)18-8-6-5-7-9-18/h5-11,16-17,22-23H,4,12-15H2,1-3H3. The topological polar surface area (TPSA) is 98.8 Å². The number of nitrogens with one attached hydrogen (secondary N) is 2. The van der Waals surface area contributed by atoms with Crippen molar-refractivity contribution >= 4 is 31.4 Å². The number of anilines is 2. The summed E-state index contributed by atoms with van der Waals surface area (Å²) in [6, 6.07) is 13.5. The highest BCUT2D eigenvalue weighted by Gasteiger charge is 2.27. The highest BCUT2D eigenvalue weighted by atomic mass is 32.2. The molecule has 10 heteroatoms. The molecule has 0 radical (unpaired) electrons. The molecule has 0 amide bonds. The minimum atomic E-state index is -3.92. The maximum absolute atomic E-state index is 13.4. The fraction of sp³-hybridized carbons (Fsp3) is 0.429. The molecular formula is C21H30N4O4S2. The fourth-order valence-electron chi connectivity index (χ4n) is 3.68. The lowest BCUT2D eigenvalue weighted by molar-refractivity contribution is 0.271. The summed E-state index contributed by atoms with van der Waals surface area (Å²) < 4.78 is 55.3. The molecule has 1 fully saturated rings. The van der Waals surface area contributed by atoms with Crippen molar-refractivity contribution in [3.63, 3.8) is 0 Å². The second kappa shape index (κ2) is 9.56. The summed E-state index contributed by atoms with van der Waals surface area (Å²) in [5.41, 5.74) is 1.63. The molecular weight excluding hydrogens is 436 g/mol. The van der Waals surface area contributed by atoms with Gasteiger partial charge in [-0.15, -0.1) is 0 Å². The maximum atomic E-state index is 13.4. The Morgan fingerprint density at radius 2 is 1.61 bits per heavy atom. The van der Waals surface area contributed by atoms with Crippen LogP contribution in [0, 0.1) is 0 Å². The van der Waals surface area contributed by atoms with Crippen molar-refractivity contribution < 1.29 is 16.8 Å². The lowest BCUT2D eigenvalue weighted by Gasteiger charge is -2.36. The molecule has 1 aliphatic rings. The number of sulfonamides is 2. The van der Waals surface area contributed by atoms with Crippen molar-refractivity contribution in [3.05, 3.63) is 54.1 Å². The van der Waals surface area contributed by atoms with Crippen LogP contribution in [-0.2, 0) is 20.0 Å². The minimum Gasteiger partial charge on any atom is -0.368 e. The van der Waals surface area contributed by atoms with Gasteiger partial charge in [0, 0.05) is 37.9 Å². The van der Waals surface area contributed by atoms with E-state index in [1.54, 1.807) is 19.1 Å².